The van der Waals surface area contributed by atoms with Crippen molar-refractivity contribution in [1.82, 2.24) is 10.2 Å². The Labute approximate surface area is 114 Å². The van der Waals surface area contributed by atoms with Crippen LogP contribution >= 0.6 is 24.0 Å². The summed E-state index contributed by atoms with van der Waals surface area (Å²) >= 11 is 0. The first kappa shape index (κ1) is 13.3. The van der Waals surface area contributed by atoms with Crippen molar-refractivity contribution in [3.63, 3.8) is 0 Å². The molecule has 88 valence electrons. The molecule has 1 heterocycles. The summed E-state index contributed by atoms with van der Waals surface area (Å²) in [6, 6.07) is 10.8. The normalized spacial score (nSPS) is 18.4. The van der Waals surface area contributed by atoms with Gasteiger partial charge in [-0.15, -0.1) is 24.0 Å². The van der Waals surface area contributed by atoms with Crippen LogP contribution in [-0.4, -0.2) is 31.0 Å². The molecule has 4 heteroatoms. The van der Waals surface area contributed by atoms with Crippen molar-refractivity contribution in [2.75, 3.05) is 20.1 Å². The van der Waals surface area contributed by atoms with Crippen molar-refractivity contribution < 1.29 is 0 Å². The summed E-state index contributed by atoms with van der Waals surface area (Å²) in [4.78, 5) is 6.62. The van der Waals surface area contributed by atoms with Crippen molar-refractivity contribution in [1.29, 1.82) is 0 Å². The van der Waals surface area contributed by atoms with Crippen LogP contribution in [0.15, 0.2) is 35.3 Å². The molecule has 0 fully saturated rings. The fraction of sp³-hybridized carbons (Fsp3) is 0.417. The van der Waals surface area contributed by atoms with E-state index >= 15 is 0 Å². The highest BCUT2D eigenvalue weighted by Gasteiger charge is 2.20. The Kier molecular flexibility index (Phi) is 5.05. The summed E-state index contributed by atoms with van der Waals surface area (Å²) in [6.07, 6.45) is 0. The molecule has 0 bridgehead atoms. The zero-order chi connectivity index (χ0) is 10.7. The minimum atomic E-state index is 0. The van der Waals surface area contributed by atoms with E-state index in [1.165, 1.54) is 5.56 Å². The van der Waals surface area contributed by atoms with Crippen LogP contribution in [-0.2, 0) is 0 Å². The molecule has 1 aromatic rings. The van der Waals surface area contributed by atoms with Gasteiger partial charge in [0, 0.05) is 13.6 Å². The smallest absolute Gasteiger partial charge is 0.194 e. The van der Waals surface area contributed by atoms with E-state index in [1.807, 2.05) is 6.07 Å². The Morgan fingerprint density at radius 3 is 2.69 bits per heavy atom. The molecular formula is C12H18IN3. The molecule has 3 nitrogen and oxygen atoms in total. The number of aliphatic imine (C=N–C) groups is 1. The number of halogens is 1. The highest BCUT2D eigenvalue weighted by atomic mass is 127. The van der Waals surface area contributed by atoms with Crippen LogP contribution in [0.5, 0.6) is 0 Å². The average Bonchev–Trinajstić information content (AvgIpc) is 2.78. The Balaban J connectivity index is 0.00000128. The second kappa shape index (κ2) is 6.08. The Hall–Kier alpha value is -0.780. The van der Waals surface area contributed by atoms with Crippen molar-refractivity contribution in [2.24, 2.45) is 4.99 Å². The molecule has 0 saturated heterocycles. The minimum Gasteiger partial charge on any atom is -0.348 e. The van der Waals surface area contributed by atoms with E-state index in [9.17, 15) is 0 Å². The predicted octanol–water partition coefficient (Wildman–Crippen LogP) is 2.26. The lowest BCUT2D eigenvalue weighted by Crippen LogP contribution is -2.36. The minimum absolute atomic E-state index is 0. The molecule has 1 aliphatic heterocycles. The van der Waals surface area contributed by atoms with E-state index < -0.39 is 0 Å². The van der Waals surface area contributed by atoms with Gasteiger partial charge in [0.2, 0.25) is 0 Å². The Morgan fingerprint density at radius 2 is 2.06 bits per heavy atom. The first-order chi connectivity index (χ1) is 7.31. The third kappa shape index (κ3) is 2.87. The molecule has 0 spiro atoms. The molecule has 16 heavy (non-hydrogen) atoms. The van der Waals surface area contributed by atoms with E-state index in [4.69, 9.17) is 0 Å². The van der Waals surface area contributed by atoms with Gasteiger partial charge in [0.25, 0.3) is 0 Å². The maximum atomic E-state index is 4.50. The number of hydrogen-bond donors (Lipinski definition) is 1. The summed E-state index contributed by atoms with van der Waals surface area (Å²) < 4.78 is 0. The number of rotatable bonds is 2. The second-order valence-electron chi connectivity index (χ2n) is 3.79. The summed E-state index contributed by atoms with van der Waals surface area (Å²) in [5.41, 5.74) is 1.31. The van der Waals surface area contributed by atoms with Gasteiger partial charge in [-0.1, -0.05) is 30.3 Å². The fourth-order valence-corrected chi connectivity index (χ4v) is 1.68. The van der Waals surface area contributed by atoms with Crippen LogP contribution in [0.1, 0.15) is 18.5 Å². The second-order valence-corrected chi connectivity index (χ2v) is 3.79. The van der Waals surface area contributed by atoms with Crippen molar-refractivity contribution in [3.8, 4) is 0 Å². The zero-order valence-corrected chi connectivity index (χ0v) is 12.0. The van der Waals surface area contributed by atoms with E-state index in [0.29, 0.717) is 6.04 Å². The number of nitrogens with one attached hydrogen (secondary N) is 1. The molecule has 1 aliphatic rings. The van der Waals surface area contributed by atoms with Crippen molar-refractivity contribution in [2.45, 2.75) is 13.0 Å². The van der Waals surface area contributed by atoms with E-state index in [2.05, 4.69) is 53.4 Å². The van der Waals surface area contributed by atoms with Gasteiger partial charge in [-0.3, -0.25) is 4.99 Å². The van der Waals surface area contributed by atoms with Gasteiger partial charge < -0.3 is 10.2 Å². The number of guanidine groups is 1. The molecule has 1 unspecified atom stereocenters. The predicted molar refractivity (Wildman–Crippen MR) is 78.3 cm³/mol. The van der Waals surface area contributed by atoms with Crippen molar-refractivity contribution in [3.05, 3.63) is 35.9 Å². The first-order valence-corrected chi connectivity index (χ1v) is 5.38. The lowest BCUT2D eigenvalue weighted by Gasteiger charge is -2.19. The molecule has 0 aliphatic carbocycles. The third-order valence-corrected chi connectivity index (χ3v) is 2.76. The highest BCUT2D eigenvalue weighted by molar-refractivity contribution is 14.0. The quantitative estimate of drug-likeness (QED) is 0.842. The van der Waals surface area contributed by atoms with Crippen LogP contribution < -0.4 is 5.32 Å². The Bertz CT molecular complexity index is 351. The molecule has 0 radical (unpaired) electrons. The lowest BCUT2D eigenvalue weighted by atomic mass is 10.1. The molecular weight excluding hydrogens is 313 g/mol. The van der Waals surface area contributed by atoms with Gasteiger partial charge in [-0.25, -0.2) is 0 Å². The first-order valence-electron chi connectivity index (χ1n) is 5.38. The monoisotopic (exact) mass is 331 g/mol. The molecule has 0 amide bonds. The molecule has 0 aromatic heterocycles. The Morgan fingerprint density at radius 1 is 1.38 bits per heavy atom. The molecule has 2 rings (SSSR count). The number of hydrogen-bond acceptors (Lipinski definition) is 3. The maximum Gasteiger partial charge on any atom is 0.194 e. The third-order valence-electron chi connectivity index (χ3n) is 2.76. The summed E-state index contributed by atoms with van der Waals surface area (Å²) in [7, 11) is 2.05. The average molecular weight is 331 g/mol. The van der Waals surface area contributed by atoms with Crippen LogP contribution in [0.4, 0.5) is 0 Å². The van der Waals surface area contributed by atoms with Crippen LogP contribution in [0, 0.1) is 0 Å². The SMILES string of the molecule is CCN(C)C1=NCC(c2ccccc2)N1.I. The summed E-state index contributed by atoms with van der Waals surface area (Å²) in [5.74, 6) is 1.01. The summed E-state index contributed by atoms with van der Waals surface area (Å²) in [5, 5.41) is 3.43. The van der Waals surface area contributed by atoms with Crippen LogP contribution in [0.2, 0.25) is 0 Å². The van der Waals surface area contributed by atoms with E-state index in [1.54, 1.807) is 0 Å². The van der Waals surface area contributed by atoms with E-state index in [0.717, 1.165) is 19.0 Å². The molecule has 1 aromatic carbocycles. The fourth-order valence-electron chi connectivity index (χ4n) is 1.68. The van der Waals surface area contributed by atoms with Crippen LogP contribution in [0.3, 0.4) is 0 Å². The number of benzene rings is 1. The molecule has 0 saturated carbocycles. The van der Waals surface area contributed by atoms with Gasteiger partial charge in [-0.05, 0) is 12.5 Å². The highest BCUT2D eigenvalue weighted by Crippen LogP contribution is 2.17. The largest absolute Gasteiger partial charge is 0.348 e. The van der Waals surface area contributed by atoms with Crippen molar-refractivity contribution >= 4 is 29.9 Å². The van der Waals surface area contributed by atoms with Gasteiger partial charge in [0.15, 0.2) is 5.96 Å². The lowest BCUT2D eigenvalue weighted by molar-refractivity contribution is 0.511. The maximum absolute atomic E-state index is 4.50. The molecule has 1 atom stereocenters. The van der Waals surface area contributed by atoms with Gasteiger partial charge in [0.1, 0.15) is 0 Å². The van der Waals surface area contributed by atoms with Gasteiger partial charge in [-0.2, -0.15) is 0 Å². The number of nitrogens with zero attached hydrogens (tertiary/aromatic N) is 2. The zero-order valence-electron chi connectivity index (χ0n) is 9.68. The topological polar surface area (TPSA) is 27.6 Å². The van der Waals surface area contributed by atoms with E-state index in [-0.39, 0.29) is 24.0 Å². The standard InChI is InChI=1S/C12H17N3.HI/c1-3-15(2)12-13-9-11(14-12)10-7-5-4-6-8-10;/h4-8,11H,3,9H2,1-2H3,(H,13,14);1H. The van der Waals surface area contributed by atoms with Crippen LogP contribution in [0.25, 0.3) is 0 Å². The van der Waals surface area contributed by atoms with Gasteiger partial charge in [0.05, 0.1) is 12.6 Å². The molecule has 1 N–H and O–H groups in total. The summed E-state index contributed by atoms with van der Waals surface area (Å²) in [6.45, 7) is 3.94. The van der Waals surface area contributed by atoms with Gasteiger partial charge >= 0.3 is 0 Å².